The van der Waals surface area contributed by atoms with E-state index in [2.05, 4.69) is 20.9 Å². The van der Waals surface area contributed by atoms with Gasteiger partial charge in [0.05, 0.1) is 11.0 Å². The lowest BCUT2D eigenvalue weighted by atomic mass is 10.1. The van der Waals surface area contributed by atoms with Crippen molar-refractivity contribution < 1.29 is 4.79 Å². The highest BCUT2D eigenvalue weighted by atomic mass is 16.1. The Kier molecular flexibility index (Phi) is 4.15. The maximum absolute atomic E-state index is 12.3. The maximum Gasteiger partial charge on any atom is 0.251 e. The van der Waals surface area contributed by atoms with E-state index in [9.17, 15) is 4.79 Å². The number of hydrogen-bond acceptors (Lipinski definition) is 2. The molecule has 1 N–H and O–H groups in total. The van der Waals surface area contributed by atoms with Gasteiger partial charge in [0.25, 0.3) is 5.91 Å². The average Bonchev–Trinajstić information content (AvgIpc) is 2.84. The molecule has 0 spiro atoms. The molecule has 2 aromatic carbocycles. The second kappa shape index (κ2) is 6.24. The van der Waals surface area contributed by atoms with E-state index < -0.39 is 0 Å². The molecule has 0 aliphatic rings. The van der Waals surface area contributed by atoms with Crippen molar-refractivity contribution in [1.82, 2.24) is 14.9 Å². The predicted molar refractivity (Wildman–Crippen MR) is 92.7 cm³/mol. The molecule has 4 heteroatoms. The quantitative estimate of drug-likeness (QED) is 0.805. The number of nitrogens with zero attached hydrogens (tertiary/aromatic N) is 2. The number of hydrogen-bond donors (Lipinski definition) is 1. The summed E-state index contributed by atoms with van der Waals surface area (Å²) in [6.45, 7) is 4.57. The maximum atomic E-state index is 12.3. The number of aryl methyl sites for hydroxylation is 3. The summed E-state index contributed by atoms with van der Waals surface area (Å²) in [5.41, 5.74) is 5.01. The van der Waals surface area contributed by atoms with E-state index in [1.165, 1.54) is 5.56 Å². The molecule has 4 nitrogen and oxygen atoms in total. The lowest BCUT2D eigenvalue weighted by molar-refractivity contribution is 0.0953. The molecule has 0 atom stereocenters. The Bertz CT molecular complexity index is 864. The molecule has 0 unspecified atom stereocenters. The number of aromatic nitrogens is 2. The zero-order chi connectivity index (χ0) is 16.4. The first-order valence-corrected chi connectivity index (χ1v) is 7.82. The van der Waals surface area contributed by atoms with E-state index in [0.29, 0.717) is 13.0 Å². The van der Waals surface area contributed by atoms with Crippen molar-refractivity contribution in [1.29, 1.82) is 0 Å². The van der Waals surface area contributed by atoms with E-state index in [1.807, 2.05) is 57.3 Å². The molecule has 1 aromatic heterocycles. The van der Waals surface area contributed by atoms with E-state index in [4.69, 9.17) is 0 Å². The molecule has 0 radical (unpaired) electrons. The number of amides is 1. The Morgan fingerprint density at radius 1 is 1.17 bits per heavy atom. The van der Waals surface area contributed by atoms with Gasteiger partial charge in [-0.15, -0.1) is 0 Å². The van der Waals surface area contributed by atoms with Gasteiger partial charge in [-0.3, -0.25) is 4.79 Å². The first-order valence-electron chi connectivity index (χ1n) is 7.82. The highest BCUT2D eigenvalue weighted by Gasteiger charge is 2.10. The van der Waals surface area contributed by atoms with Crippen LogP contribution in [0.3, 0.4) is 0 Å². The van der Waals surface area contributed by atoms with Crippen LogP contribution < -0.4 is 5.32 Å². The van der Waals surface area contributed by atoms with Gasteiger partial charge >= 0.3 is 0 Å². The molecule has 0 saturated carbocycles. The van der Waals surface area contributed by atoms with Gasteiger partial charge in [-0.25, -0.2) is 4.98 Å². The second-order valence-electron chi connectivity index (χ2n) is 5.90. The minimum absolute atomic E-state index is 0.0266. The lowest BCUT2D eigenvalue weighted by Gasteiger charge is -2.08. The minimum atomic E-state index is -0.0266. The molecule has 0 aliphatic heterocycles. The highest BCUT2D eigenvalue weighted by molar-refractivity contribution is 5.95. The summed E-state index contributed by atoms with van der Waals surface area (Å²) >= 11 is 0. The normalized spacial score (nSPS) is 10.9. The molecule has 0 aliphatic carbocycles. The Labute approximate surface area is 136 Å². The van der Waals surface area contributed by atoms with Crippen LogP contribution in [-0.2, 0) is 13.5 Å². The van der Waals surface area contributed by atoms with Crippen LogP contribution in [0.1, 0.15) is 27.3 Å². The topological polar surface area (TPSA) is 46.9 Å². The minimum Gasteiger partial charge on any atom is -0.352 e. The van der Waals surface area contributed by atoms with Gasteiger partial charge in [0.1, 0.15) is 5.82 Å². The molecule has 1 amide bonds. The van der Waals surface area contributed by atoms with E-state index >= 15 is 0 Å². The van der Waals surface area contributed by atoms with Gasteiger partial charge in [-0.1, -0.05) is 29.8 Å². The largest absolute Gasteiger partial charge is 0.352 e. The molecule has 1 heterocycles. The third-order valence-corrected chi connectivity index (χ3v) is 4.14. The fraction of sp³-hybridized carbons (Fsp3) is 0.263. The summed E-state index contributed by atoms with van der Waals surface area (Å²) in [6, 6.07) is 13.9. The number of carbonyl (C=O) groups is 1. The van der Waals surface area contributed by atoms with Crippen LogP contribution in [0.4, 0.5) is 0 Å². The second-order valence-corrected chi connectivity index (χ2v) is 5.90. The summed E-state index contributed by atoms with van der Waals surface area (Å²) in [4.78, 5) is 16.9. The number of nitrogens with one attached hydrogen (secondary N) is 1. The Morgan fingerprint density at radius 2 is 1.96 bits per heavy atom. The van der Waals surface area contributed by atoms with Crippen molar-refractivity contribution in [2.75, 3.05) is 6.54 Å². The van der Waals surface area contributed by atoms with E-state index in [1.54, 1.807) is 0 Å². The Morgan fingerprint density at radius 3 is 2.70 bits per heavy atom. The fourth-order valence-electron chi connectivity index (χ4n) is 2.87. The summed E-state index contributed by atoms with van der Waals surface area (Å²) in [7, 11) is 2.01. The van der Waals surface area contributed by atoms with Gasteiger partial charge in [0.15, 0.2) is 0 Å². The molecular formula is C19H21N3O. The van der Waals surface area contributed by atoms with Gasteiger partial charge in [0, 0.05) is 25.6 Å². The van der Waals surface area contributed by atoms with Gasteiger partial charge in [0.2, 0.25) is 0 Å². The predicted octanol–water partition coefficient (Wildman–Crippen LogP) is 3.16. The van der Waals surface area contributed by atoms with Gasteiger partial charge in [-0.05, 0) is 37.6 Å². The van der Waals surface area contributed by atoms with Crippen LogP contribution >= 0.6 is 0 Å². The summed E-state index contributed by atoms with van der Waals surface area (Å²) in [5, 5.41) is 2.99. The summed E-state index contributed by atoms with van der Waals surface area (Å²) in [6.07, 6.45) is 0.710. The third-order valence-electron chi connectivity index (χ3n) is 4.14. The Hall–Kier alpha value is -2.62. The number of carbonyl (C=O) groups excluding carboxylic acids is 1. The summed E-state index contributed by atoms with van der Waals surface area (Å²) in [5.74, 6) is 0.952. The van der Waals surface area contributed by atoms with Gasteiger partial charge < -0.3 is 9.88 Å². The number of imidazole rings is 1. The van der Waals surface area contributed by atoms with Crippen LogP contribution in [0.25, 0.3) is 11.0 Å². The molecular weight excluding hydrogens is 286 g/mol. The van der Waals surface area contributed by atoms with Crippen LogP contribution in [-0.4, -0.2) is 22.0 Å². The van der Waals surface area contributed by atoms with Crippen LogP contribution in [0.5, 0.6) is 0 Å². The van der Waals surface area contributed by atoms with Crippen molar-refractivity contribution in [3.05, 3.63) is 65.0 Å². The zero-order valence-electron chi connectivity index (χ0n) is 13.8. The molecule has 3 rings (SSSR count). The van der Waals surface area contributed by atoms with E-state index in [-0.39, 0.29) is 5.91 Å². The zero-order valence-corrected chi connectivity index (χ0v) is 13.8. The molecule has 3 aromatic rings. The smallest absolute Gasteiger partial charge is 0.251 e. The fourth-order valence-corrected chi connectivity index (χ4v) is 2.87. The monoisotopic (exact) mass is 307 g/mol. The molecule has 118 valence electrons. The third kappa shape index (κ3) is 3.11. The molecule has 0 fully saturated rings. The first kappa shape index (κ1) is 15.3. The lowest BCUT2D eigenvalue weighted by Crippen LogP contribution is -2.27. The number of benzene rings is 2. The van der Waals surface area contributed by atoms with Crippen molar-refractivity contribution in [2.45, 2.75) is 20.3 Å². The number of para-hydroxylation sites is 2. The standard InChI is InChI=1S/C19H21N3O/c1-13-8-9-15(14(2)12-13)19(23)20-11-10-18-21-16-6-4-5-7-17(16)22(18)3/h4-9,12H,10-11H2,1-3H3,(H,20,23). The van der Waals surface area contributed by atoms with E-state index in [0.717, 1.165) is 28.0 Å². The van der Waals surface area contributed by atoms with Gasteiger partial charge in [-0.2, -0.15) is 0 Å². The van der Waals surface area contributed by atoms with Crippen LogP contribution in [0.15, 0.2) is 42.5 Å². The average molecular weight is 307 g/mol. The van der Waals surface area contributed by atoms with Crippen molar-refractivity contribution in [3.8, 4) is 0 Å². The highest BCUT2D eigenvalue weighted by Crippen LogP contribution is 2.14. The molecule has 0 saturated heterocycles. The number of rotatable bonds is 4. The van der Waals surface area contributed by atoms with Crippen LogP contribution in [0.2, 0.25) is 0 Å². The van der Waals surface area contributed by atoms with Crippen molar-refractivity contribution >= 4 is 16.9 Å². The van der Waals surface area contributed by atoms with Crippen LogP contribution in [0, 0.1) is 13.8 Å². The Balaban J connectivity index is 1.66. The SMILES string of the molecule is Cc1ccc(C(=O)NCCc2nc3ccccc3n2C)c(C)c1. The van der Waals surface area contributed by atoms with Crippen molar-refractivity contribution in [2.24, 2.45) is 7.05 Å². The molecule has 23 heavy (non-hydrogen) atoms. The summed E-state index contributed by atoms with van der Waals surface area (Å²) < 4.78 is 2.08. The number of fused-ring (bicyclic) bond motifs is 1. The van der Waals surface area contributed by atoms with Crippen molar-refractivity contribution in [3.63, 3.8) is 0 Å². The first-order chi connectivity index (χ1) is 11.1. The molecule has 0 bridgehead atoms.